The lowest BCUT2D eigenvalue weighted by atomic mass is 9.86. The Kier molecular flexibility index (Phi) is 26.7. The molecule has 0 amide bonds. The Morgan fingerprint density at radius 2 is 1.56 bits per heavy atom. The summed E-state index contributed by atoms with van der Waals surface area (Å²) in [7, 11) is 0. The third kappa shape index (κ3) is 21.0. The molecule has 0 aliphatic carbocycles. The second-order valence-corrected chi connectivity index (χ2v) is 6.46. The van der Waals surface area contributed by atoms with Crippen LogP contribution in [0.5, 0.6) is 0 Å². The predicted molar refractivity (Wildman–Crippen MR) is 125 cm³/mol. The SMILES string of the molecule is C=C/C(=C\C=C/C)CC(C)C(=C)S.C=CC(C)(C)C(C)N.CC.CC. The van der Waals surface area contributed by atoms with E-state index < -0.39 is 0 Å². The van der Waals surface area contributed by atoms with E-state index in [1.807, 2.05) is 65.8 Å². The van der Waals surface area contributed by atoms with Gasteiger partial charge in [-0.1, -0.05) is 92.0 Å². The first-order valence-corrected chi connectivity index (χ1v) is 9.78. The van der Waals surface area contributed by atoms with Crippen molar-refractivity contribution in [2.45, 2.75) is 74.8 Å². The fourth-order valence-electron chi connectivity index (χ4n) is 1.10. The lowest BCUT2D eigenvalue weighted by Crippen LogP contribution is -2.32. The number of hydrogen-bond acceptors (Lipinski definition) is 2. The molecule has 0 aliphatic heterocycles. The summed E-state index contributed by atoms with van der Waals surface area (Å²) in [6.45, 7) is 29.5. The number of hydrogen-bond donors (Lipinski definition) is 2. The van der Waals surface area contributed by atoms with Crippen LogP contribution in [0.4, 0.5) is 0 Å². The number of rotatable bonds is 7. The van der Waals surface area contributed by atoms with Crippen LogP contribution in [-0.4, -0.2) is 6.04 Å². The van der Waals surface area contributed by atoms with Gasteiger partial charge >= 0.3 is 0 Å². The topological polar surface area (TPSA) is 26.0 Å². The van der Waals surface area contributed by atoms with E-state index in [0.717, 1.165) is 11.3 Å². The van der Waals surface area contributed by atoms with Crippen LogP contribution in [0, 0.1) is 11.3 Å². The minimum Gasteiger partial charge on any atom is -0.327 e. The Labute approximate surface area is 165 Å². The van der Waals surface area contributed by atoms with Crippen LogP contribution in [0.25, 0.3) is 0 Å². The number of allylic oxidation sites excluding steroid dienone is 6. The molecule has 0 aromatic carbocycles. The van der Waals surface area contributed by atoms with Crippen LogP contribution in [-0.2, 0) is 0 Å². The molecule has 148 valence electrons. The molecular weight excluding hydrogens is 322 g/mol. The predicted octanol–water partition coefficient (Wildman–Crippen LogP) is 7.74. The Hall–Kier alpha value is -0.990. The largest absolute Gasteiger partial charge is 0.327 e. The van der Waals surface area contributed by atoms with E-state index in [-0.39, 0.29) is 11.5 Å². The Morgan fingerprint density at radius 3 is 1.76 bits per heavy atom. The first-order valence-electron chi connectivity index (χ1n) is 9.33. The lowest BCUT2D eigenvalue weighted by molar-refractivity contribution is 0.395. The van der Waals surface area contributed by atoms with Gasteiger partial charge in [0.25, 0.3) is 0 Å². The second kappa shape index (κ2) is 21.1. The summed E-state index contributed by atoms with van der Waals surface area (Å²) in [5, 5.41) is 0. The highest BCUT2D eigenvalue weighted by atomic mass is 32.1. The van der Waals surface area contributed by atoms with Crippen molar-refractivity contribution in [2.24, 2.45) is 17.1 Å². The van der Waals surface area contributed by atoms with Gasteiger partial charge in [0, 0.05) is 6.04 Å². The maximum Gasteiger partial charge on any atom is 0.00964 e. The molecule has 0 saturated heterocycles. The van der Waals surface area contributed by atoms with Crippen LogP contribution in [0.1, 0.15) is 68.7 Å². The molecular formula is C23H45NS. The Bertz CT molecular complexity index is 387. The van der Waals surface area contributed by atoms with Crippen LogP contribution in [0.15, 0.2) is 60.6 Å². The maximum absolute atomic E-state index is 5.61. The molecule has 0 spiro atoms. The van der Waals surface area contributed by atoms with E-state index in [9.17, 15) is 0 Å². The molecule has 2 heteroatoms. The van der Waals surface area contributed by atoms with Gasteiger partial charge in [-0.15, -0.1) is 19.2 Å². The smallest absolute Gasteiger partial charge is 0.00964 e. The average Bonchev–Trinajstić information content (AvgIpc) is 2.62. The minimum atomic E-state index is 0.0833. The third-order valence-corrected chi connectivity index (χ3v) is 4.02. The van der Waals surface area contributed by atoms with Crippen LogP contribution < -0.4 is 5.73 Å². The monoisotopic (exact) mass is 367 g/mol. The number of thiol groups is 1. The van der Waals surface area contributed by atoms with Crippen LogP contribution >= 0.6 is 12.6 Å². The van der Waals surface area contributed by atoms with Gasteiger partial charge < -0.3 is 5.73 Å². The van der Waals surface area contributed by atoms with Gasteiger partial charge in [-0.3, -0.25) is 0 Å². The van der Waals surface area contributed by atoms with Gasteiger partial charge in [0.2, 0.25) is 0 Å². The van der Waals surface area contributed by atoms with Crippen LogP contribution in [0.3, 0.4) is 0 Å². The summed E-state index contributed by atoms with van der Waals surface area (Å²) in [6, 6.07) is 0.194. The quantitative estimate of drug-likeness (QED) is 0.268. The van der Waals surface area contributed by atoms with Crippen molar-refractivity contribution in [3.8, 4) is 0 Å². The van der Waals surface area contributed by atoms with Gasteiger partial charge in [-0.05, 0) is 42.1 Å². The zero-order valence-electron chi connectivity index (χ0n) is 18.4. The minimum absolute atomic E-state index is 0.0833. The lowest BCUT2D eigenvalue weighted by Gasteiger charge is -2.23. The molecule has 0 aromatic heterocycles. The molecule has 0 fully saturated rings. The van der Waals surface area contributed by atoms with E-state index in [0.29, 0.717) is 5.92 Å². The van der Waals surface area contributed by atoms with Crippen molar-refractivity contribution in [1.82, 2.24) is 0 Å². The van der Waals surface area contributed by atoms with E-state index in [4.69, 9.17) is 5.73 Å². The summed E-state index contributed by atoms with van der Waals surface area (Å²) < 4.78 is 0. The highest BCUT2D eigenvalue weighted by Gasteiger charge is 2.17. The average molecular weight is 368 g/mol. The molecule has 1 nitrogen and oxygen atoms in total. The third-order valence-electron chi connectivity index (χ3n) is 3.58. The van der Waals surface area contributed by atoms with E-state index in [1.54, 1.807) is 0 Å². The van der Waals surface area contributed by atoms with E-state index >= 15 is 0 Å². The summed E-state index contributed by atoms with van der Waals surface area (Å²) in [6.07, 6.45) is 10.8. The highest BCUT2D eigenvalue weighted by molar-refractivity contribution is 7.84. The van der Waals surface area contributed by atoms with Gasteiger partial charge in [0.15, 0.2) is 0 Å². The van der Waals surface area contributed by atoms with Gasteiger partial charge in [-0.2, -0.15) is 0 Å². The highest BCUT2D eigenvalue weighted by Crippen LogP contribution is 2.21. The van der Waals surface area contributed by atoms with Crippen molar-refractivity contribution in [1.29, 1.82) is 0 Å². The maximum atomic E-state index is 5.61. The van der Waals surface area contributed by atoms with Crippen molar-refractivity contribution in [3.05, 3.63) is 60.6 Å². The van der Waals surface area contributed by atoms with Crippen molar-refractivity contribution < 1.29 is 0 Å². The molecule has 2 atom stereocenters. The molecule has 0 aliphatic rings. The normalized spacial score (nSPS) is 13.0. The molecule has 0 saturated carbocycles. The van der Waals surface area contributed by atoms with Crippen molar-refractivity contribution in [3.63, 3.8) is 0 Å². The van der Waals surface area contributed by atoms with Crippen molar-refractivity contribution in [2.75, 3.05) is 0 Å². The summed E-state index contributed by atoms with van der Waals surface area (Å²) in [5.74, 6) is 0.401. The Balaban J connectivity index is -0.000000157. The first kappa shape index (κ1) is 31.7. The molecule has 0 heterocycles. The molecule has 0 bridgehead atoms. The Morgan fingerprint density at radius 1 is 1.12 bits per heavy atom. The molecule has 25 heavy (non-hydrogen) atoms. The van der Waals surface area contributed by atoms with E-state index in [1.165, 1.54) is 5.57 Å². The summed E-state index contributed by atoms with van der Waals surface area (Å²) in [5.41, 5.74) is 6.92. The molecule has 0 rings (SSSR count). The van der Waals surface area contributed by atoms with Gasteiger partial charge in [0.1, 0.15) is 0 Å². The molecule has 0 aromatic rings. The molecule has 2 N–H and O–H groups in total. The fourth-order valence-corrected chi connectivity index (χ4v) is 1.19. The van der Waals surface area contributed by atoms with Gasteiger partial charge in [-0.25, -0.2) is 0 Å². The summed E-state index contributed by atoms with van der Waals surface area (Å²) in [4.78, 5) is 0.924. The second-order valence-electron chi connectivity index (χ2n) is 5.88. The zero-order chi connectivity index (χ0) is 21.1. The molecule has 0 radical (unpaired) electrons. The van der Waals surface area contributed by atoms with Crippen molar-refractivity contribution >= 4 is 12.6 Å². The number of nitrogens with two attached hydrogens (primary N) is 1. The molecule has 2 unspecified atom stereocenters. The van der Waals surface area contributed by atoms with Gasteiger partial charge in [0.05, 0.1) is 0 Å². The summed E-state index contributed by atoms with van der Waals surface area (Å²) >= 11 is 4.22. The zero-order valence-corrected chi connectivity index (χ0v) is 19.3. The van der Waals surface area contributed by atoms with Crippen LogP contribution in [0.2, 0.25) is 0 Å². The van der Waals surface area contributed by atoms with E-state index in [2.05, 4.69) is 59.2 Å². The standard InChI is InChI=1S/C12H18S.C7H15N.2C2H6/c1-5-7-8-12(6-2)9-10(3)11(4)13;1-5-7(3,4)6(2)8;2*1-2/h5-8,10,13H,2,4,9H2,1,3H3;5-6H,1,8H2,2-4H3;2*1-2H3/b7-5-,12-8+;;;. The first-order chi connectivity index (χ1) is 11.6. The fraction of sp³-hybridized carbons (Fsp3) is 0.565.